The molecule has 2 N–H and O–H groups in total. The van der Waals surface area contributed by atoms with E-state index in [9.17, 15) is 8.42 Å². The summed E-state index contributed by atoms with van der Waals surface area (Å²) >= 11 is 0. The van der Waals surface area contributed by atoms with Gasteiger partial charge in [0, 0.05) is 24.0 Å². The van der Waals surface area contributed by atoms with Gasteiger partial charge in [-0.2, -0.15) is 0 Å². The molecule has 0 saturated heterocycles. The lowest BCUT2D eigenvalue weighted by Gasteiger charge is -2.13. The molecule has 0 spiro atoms. The zero-order valence-corrected chi connectivity index (χ0v) is 16.5. The zero-order valence-electron chi connectivity index (χ0n) is 15.7. The van der Waals surface area contributed by atoms with Gasteiger partial charge in [0.2, 0.25) is 0 Å². The maximum atomic E-state index is 12.7. The van der Waals surface area contributed by atoms with Gasteiger partial charge >= 0.3 is 0 Å². The van der Waals surface area contributed by atoms with Gasteiger partial charge in [0.05, 0.1) is 14.2 Å². The molecule has 0 amide bonds. The van der Waals surface area contributed by atoms with E-state index < -0.39 is 10.0 Å². The van der Waals surface area contributed by atoms with Crippen molar-refractivity contribution in [3.63, 3.8) is 0 Å². The van der Waals surface area contributed by atoms with E-state index in [1.807, 2.05) is 42.5 Å². The highest BCUT2D eigenvalue weighted by molar-refractivity contribution is 7.92. The van der Waals surface area contributed by atoms with Crippen molar-refractivity contribution < 1.29 is 17.9 Å². The molecule has 0 saturated carbocycles. The Labute approximate surface area is 165 Å². The second kappa shape index (κ2) is 8.67. The van der Waals surface area contributed by atoms with Crippen LogP contribution in [0.15, 0.2) is 77.7 Å². The van der Waals surface area contributed by atoms with Crippen LogP contribution in [0.1, 0.15) is 5.56 Å². The van der Waals surface area contributed by atoms with E-state index in [1.54, 1.807) is 18.2 Å². The minimum atomic E-state index is -3.80. The number of nitrogens with one attached hydrogen (secondary N) is 2. The lowest BCUT2D eigenvalue weighted by Crippen LogP contribution is -2.14. The van der Waals surface area contributed by atoms with Gasteiger partial charge in [-0.05, 0) is 42.0 Å². The van der Waals surface area contributed by atoms with Crippen LogP contribution in [0.5, 0.6) is 11.5 Å². The number of ether oxygens (including phenoxy) is 2. The monoisotopic (exact) mass is 398 g/mol. The number of rotatable bonds is 8. The molecule has 3 aromatic carbocycles. The van der Waals surface area contributed by atoms with E-state index >= 15 is 0 Å². The van der Waals surface area contributed by atoms with Crippen molar-refractivity contribution in [3.05, 3.63) is 78.4 Å². The summed E-state index contributed by atoms with van der Waals surface area (Å²) in [6, 6.07) is 21.7. The third-order valence-electron chi connectivity index (χ3n) is 4.14. The number of methoxy groups -OCH3 is 2. The van der Waals surface area contributed by atoms with Crippen LogP contribution in [0.4, 0.5) is 11.4 Å². The first-order valence-electron chi connectivity index (χ1n) is 8.64. The molecule has 0 aliphatic rings. The van der Waals surface area contributed by atoms with Crippen molar-refractivity contribution in [2.75, 3.05) is 24.3 Å². The number of benzene rings is 3. The lowest BCUT2D eigenvalue weighted by atomic mass is 10.2. The van der Waals surface area contributed by atoms with Gasteiger partial charge in [-0.25, -0.2) is 8.42 Å². The largest absolute Gasteiger partial charge is 0.497 e. The summed E-state index contributed by atoms with van der Waals surface area (Å²) in [4.78, 5) is 0.0436. The second-order valence-corrected chi connectivity index (χ2v) is 7.69. The summed E-state index contributed by atoms with van der Waals surface area (Å²) in [7, 11) is -0.874. The first-order chi connectivity index (χ1) is 13.5. The molecule has 0 bridgehead atoms. The number of hydrogen-bond acceptors (Lipinski definition) is 5. The molecule has 0 heterocycles. The van der Waals surface area contributed by atoms with E-state index in [0.717, 1.165) is 5.69 Å². The van der Waals surface area contributed by atoms with Gasteiger partial charge in [-0.3, -0.25) is 4.72 Å². The van der Waals surface area contributed by atoms with E-state index in [4.69, 9.17) is 9.47 Å². The summed E-state index contributed by atoms with van der Waals surface area (Å²) in [6.07, 6.45) is 0. The molecule has 0 aliphatic carbocycles. The molecule has 0 aromatic heterocycles. The highest BCUT2D eigenvalue weighted by atomic mass is 32.2. The molecule has 0 unspecified atom stereocenters. The van der Waals surface area contributed by atoms with Crippen molar-refractivity contribution >= 4 is 21.4 Å². The third-order valence-corrected chi connectivity index (χ3v) is 5.56. The molecule has 146 valence electrons. The molecule has 0 fully saturated rings. The number of hydrogen-bond donors (Lipinski definition) is 2. The molecular weight excluding hydrogens is 376 g/mol. The average Bonchev–Trinajstić information content (AvgIpc) is 2.73. The molecule has 0 atom stereocenters. The van der Waals surface area contributed by atoms with E-state index in [0.29, 0.717) is 18.0 Å². The summed E-state index contributed by atoms with van der Waals surface area (Å²) in [5.41, 5.74) is 2.52. The summed E-state index contributed by atoms with van der Waals surface area (Å²) in [5, 5.41) is 3.30. The van der Waals surface area contributed by atoms with Crippen molar-refractivity contribution in [1.82, 2.24) is 0 Å². The van der Waals surface area contributed by atoms with Crippen molar-refractivity contribution in [1.29, 1.82) is 0 Å². The lowest BCUT2D eigenvalue weighted by molar-refractivity contribution is 0.386. The van der Waals surface area contributed by atoms with Crippen molar-refractivity contribution in [2.45, 2.75) is 11.4 Å². The Bertz CT molecular complexity index is 1020. The Morgan fingerprint density at radius 3 is 2.14 bits per heavy atom. The Hall–Kier alpha value is -3.19. The molecule has 7 heteroatoms. The highest BCUT2D eigenvalue weighted by Crippen LogP contribution is 2.30. The molecule has 6 nitrogen and oxygen atoms in total. The third kappa shape index (κ3) is 4.75. The predicted octanol–water partition coefficient (Wildman–Crippen LogP) is 4.12. The van der Waals surface area contributed by atoms with Gasteiger partial charge in [0.1, 0.15) is 16.4 Å². The fourth-order valence-corrected chi connectivity index (χ4v) is 3.87. The first-order valence-corrected chi connectivity index (χ1v) is 10.1. The highest BCUT2D eigenvalue weighted by Gasteiger charge is 2.20. The SMILES string of the molecule is COc1ccc(S(=O)(=O)Nc2ccc(NCc3ccccc3)cc2)c(OC)c1. The van der Waals surface area contributed by atoms with Gasteiger partial charge in [0.15, 0.2) is 0 Å². The number of anilines is 2. The van der Waals surface area contributed by atoms with Crippen LogP contribution in [-0.2, 0) is 16.6 Å². The van der Waals surface area contributed by atoms with Gasteiger partial charge in [-0.15, -0.1) is 0 Å². The van der Waals surface area contributed by atoms with Crippen LogP contribution in [0.3, 0.4) is 0 Å². The van der Waals surface area contributed by atoms with Gasteiger partial charge in [-0.1, -0.05) is 30.3 Å². The molecule has 3 rings (SSSR count). The van der Waals surface area contributed by atoms with Gasteiger partial charge < -0.3 is 14.8 Å². The normalized spacial score (nSPS) is 10.9. The van der Waals surface area contributed by atoms with Crippen molar-refractivity contribution in [3.8, 4) is 11.5 Å². The van der Waals surface area contributed by atoms with E-state index in [1.165, 1.54) is 31.9 Å². The Morgan fingerprint density at radius 1 is 0.821 bits per heavy atom. The minimum Gasteiger partial charge on any atom is -0.497 e. The van der Waals surface area contributed by atoms with E-state index in [-0.39, 0.29) is 10.6 Å². The predicted molar refractivity (Wildman–Crippen MR) is 111 cm³/mol. The van der Waals surface area contributed by atoms with Crippen LogP contribution in [0.25, 0.3) is 0 Å². The quantitative estimate of drug-likeness (QED) is 0.597. The molecule has 3 aromatic rings. The smallest absolute Gasteiger partial charge is 0.265 e. The average molecular weight is 398 g/mol. The van der Waals surface area contributed by atoms with Crippen LogP contribution in [-0.4, -0.2) is 22.6 Å². The zero-order chi connectivity index (χ0) is 20.0. The first kappa shape index (κ1) is 19.6. The Balaban J connectivity index is 1.71. The Morgan fingerprint density at radius 2 is 1.50 bits per heavy atom. The van der Waals surface area contributed by atoms with Crippen molar-refractivity contribution in [2.24, 2.45) is 0 Å². The minimum absolute atomic E-state index is 0.0436. The van der Waals surface area contributed by atoms with Crippen LogP contribution in [0.2, 0.25) is 0 Å². The molecule has 0 radical (unpaired) electrons. The maximum absolute atomic E-state index is 12.7. The number of sulfonamides is 1. The van der Waals surface area contributed by atoms with E-state index in [2.05, 4.69) is 10.0 Å². The topological polar surface area (TPSA) is 76.7 Å². The molecule has 0 aliphatic heterocycles. The summed E-state index contributed by atoms with van der Waals surface area (Å²) in [5.74, 6) is 0.734. The summed E-state index contributed by atoms with van der Waals surface area (Å²) in [6.45, 7) is 0.689. The second-order valence-electron chi connectivity index (χ2n) is 6.04. The molecule has 28 heavy (non-hydrogen) atoms. The Kier molecular flexibility index (Phi) is 6.06. The fourth-order valence-electron chi connectivity index (χ4n) is 2.66. The van der Waals surface area contributed by atoms with Crippen LogP contribution >= 0.6 is 0 Å². The maximum Gasteiger partial charge on any atom is 0.265 e. The molecular formula is C21H22N2O4S. The standard InChI is InChI=1S/C21H22N2O4S/c1-26-19-12-13-21(20(14-19)27-2)28(24,25)23-18-10-8-17(9-11-18)22-15-16-6-4-3-5-7-16/h3-14,22-23H,15H2,1-2H3. The fraction of sp³-hybridized carbons (Fsp3) is 0.143. The van der Waals surface area contributed by atoms with Gasteiger partial charge in [0.25, 0.3) is 10.0 Å². The summed E-state index contributed by atoms with van der Waals surface area (Å²) < 4.78 is 38.3. The van der Waals surface area contributed by atoms with Crippen LogP contribution in [0, 0.1) is 0 Å². The van der Waals surface area contributed by atoms with Crippen LogP contribution < -0.4 is 19.5 Å².